The average Bonchev–Trinajstić information content (AvgIpc) is 2.24. The van der Waals surface area contributed by atoms with Crippen molar-refractivity contribution in [3.8, 4) is 5.75 Å². The molecule has 1 aliphatic carbocycles. The summed E-state index contributed by atoms with van der Waals surface area (Å²) in [5.74, 6) is 0.142. The summed E-state index contributed by atoms with van der Waals surface area (Å²) in [7, 11) is 3.11. The second-order valence-electron chi connectivity index (χ2n) is 4.14. The SMILES string of the molecule is COc1ccc(F)cc1C1(O)CC(OC)C1. The van der Waals surface area contributed by atoms with Crippen LogP contribution in [0.5, 0.6) is 5.75 Å². The molecule has 0 aromatic heterocycles. The van der Waals surface area contributed by atoms with Gasteiger partial charge in [0.1, 0.15) is 11.6 Å². The van der Waals surface area contributed by atoms with Crippen LogP contribution in [-0.4, -0.2) is 25.4 Å². The number of hydrogen-bond donors (Lipinski definition) is 1. The predicted octanol–water partition coefficient (Wildman–Crippen LogP) is 1.83. The van der Waals surface area contributed by atoms with Gasteiger partial charge in [-0.15, -0.1) is 0 Å². The van der Waals surface area contributed by atoms with E-state index in [1.54, 1.807) is 7.11 Å². The topological polar surface area (TPSA) is 38.7 Å². The van der Waals surface area contributed by atoms with Crippen LogP contribution in [0.15, 0.2) is 18.2 Å². The molecule has 1 aromatic rings. The molecule has 0 amide bonds. The van der Waals surface area contributed by atoms with Crippen LogP contribution in [-0.2, 0) is 10.3 Å². The van der Waals surface area contributed by atoms with Gasteiger partial charge in [-0.2, -0.15) is 0 Å². The fraction of sp³-hybridized carbons (Fsp3) is 0.500. The zero-order valence-corrected chi connectivity index (χ0v) is 9.37. The number of hydrogen-bond acceptors (Lipinski definition) is 3. The maximum absolute atomic E-state index is 13.2. The van der Waals surface area contributed by atoms with Crippen molar-refractivity contribution in [3.63, 3.8) is 0 Å². The Morgan fingerprint density at radius 2 is 2.06 bits per heavy atom. The number of rotatable bonds is 3. The highest BCUT2D eigenvalue weighted by atomic mass is 19.1. The van der Waals surface area contributed by atoms with E-state index in [-0.39, 0.29) is 11.9 Å². The van der Waals surface area contributed by atoms with Gasteiger partial charge in [-0.1, -0.05) is 0 Å². The van der Waals surface area contributed by atoms with Gasteiger partial charge in [0.15, 0.2) is 0 Å². The minimum atomic E-state index is -1.02. The van der Waals surface area contributed by atoms with Crippen molar-refractivity contribution in [2.75, 3.05) is 14.2 Å². The van der Waals surface area contributed by atoms with Crippen LogP contribution in [0.1, 0.15) is 18.4 Å². The van der Waals surface area contributed by atoms with Gasteiger partial charge in [0.05, 0.1) is 18.8 Å². The lowest BCUT2D eigenvalue weighted by atomic mass is 9.72. The number of aliphatic hydroxyl groups is 1. The highest BCUT2D eigenvalue weighted by Gasteiger charge is 2.46. The molecule has 1 aromatic carbocycles. The molecule has 16 heavy (non-hydrogen) atoms. The molecular weight excluding hydrogens is 211 g/mol. The molecule has 2 rings (SSSR count). The van der Waals surface area contributed by atoms with E-state index in [2.05, 4.69) is 0 Å². The van der Waals surface area contributed by atoms with Crippen molar-refractivity contribution in [2.45, 2.75) is 24.5 Å². The first-order chi connectivity index (χ1) is 7.59. The van der Waals surface area contributed by atoms with Gasteiger partial charge in [0.2, 0.25) is 0 Å². The first-order valence-corrected chi connectivity index (χ1v) is 5.18. The minimum Gasteiger partial charge on any atom is -0.496 e. The quantitative estimate of drug-likeness (QED) is 0.854. The standard InChI is InChI=1S/C12H15FO3/c1-15-9-6-12(14,7-9)10-5-8(13)3-4-11(10)16-2/h3-5,9,14H,6-7H2,1-2H3. The molecule has 1 aliphatic rings. The Bertz CT molecular complexity index is 386. The van der Waals surface area contributed by atoms with Gasteiger partial charge in [-0.25, -0.2) is 4.39 Å². The van der Waals surface area contributed by atoms with Gasteiger partial charge in [-0.05, 0) is 18.2 Å². The summed E-state index contributed by atoms with van der Waals surface area (Å²) in [6, 6.07) is 4.17. The van der Waals surface area contributed by atoms with E-state index in [4.69, 9.17) is 9.47 Å². The van der Waals surface area contributed by atoms with Crippen LogP contribution < -0.4 is 4.74 Å². The molecule has 1 saturated carbocycles. The molecule has 0 spiro atoms. The van der Waals surface area contributed by atoms with Crippen LogP contribution in [0, 0.1) is 5.82 Å². The van der Waals surface area contributed by atoms with Crippen LogP contribution in [0.2, 0.25) is 0 Å². The lowest BCUT2D eigenvalue weighted by Crippen LogP contribution is -2.45. The third kappa shape index (κ3) is 1.79. The summed E-state index contributed by atoms with van der Waals surface area (Å²) in [5.41, 5.74) is -0.517. The monoisotopic (exact) mass is 226 g/mol. The summed E-state index contributed by atoms with van der Waals surface area (Å²) in [6.45, 7) is 0. The molecule has 88 valence electrons. The highest BCUT2D eigenvalue weighted by molar-refractivity contribution is 5.40. The molecular formula is C12H15FO3. The van der Waals surface area contributed by atoms with Crippen molar-refractivity contribution in [1.82, 2.24) is 0 Å². The van der Waals surface area contributed by atoms with Crippen LogP contribution >= 0.6 is 0 Å². The molecule has 0 radical (unpaired) electrons. The van der Waals surface area contributed by atoms with E-state index in [0.717, 1.165) is 0 Å². The highest BCUT2D eigenvalue weighted by Crippen LogP contribution is 2.46. The van der Waals surface area contributed by atoms with Gasteiger partial charge in [0.25, 0.3) is 0 Å². The Morgan fingerprint density at radius 3 is 2.62 bits per heavy atom. The zero-order valence-electron chi connectivity index (χ0n) is 9.37. The number of methoxy groups -OCH3 is 2. The number of ether oxygens (including phenoxy) is 2. The maximum atomic E-state index is 13.2. The van der Waals surface area contributed by atoms with Gasteiger partial charge >= 0.3 is 0 Å². The Kier molecular flexibility index (Phi) is 2.86. The molecule has 0 aliphatic heterocycles. The molecule has 0 atom stereocenters. The fourth-order valence-corrected chi connectivity index (χ4v) is 2.12. The predicted molar refractivity (Wildman–Crippen MR) is 56.9 cm³/mol. The largest absolute Gasteiger partial charge is 0.496 e. The van der Waals surface area contributed by atoms with Crippen molar-refractivity contribution in [1.29, 1.82) is 0 Å². The normalized spacial score (nSPS) is 28.6. The molecule has 4 heteroatoms. The fourth-order valence-electron chi connectivity index (χ4n) is 2.12. The molecule has 0 saturated heterocycles. The Morgan fingerprint density at radius 1 is 1.38 bits per heavy atom. The molecule has 0 bridgehead atoms. The van der Waals surface area contributed by atoms with Gasteiger partial charge in [-0.3, -0.25) is 0 Å². The van der Waals surface area contributed by atoms with E-state index in [1.165, 1.54) is 25.3 Å². The zero-order chi connectivity index (χ0) is 11.8. The third-order valence-electron chi connectivity index (χ3n) is 3.13. The maximum Gasteiger partial charge on any atom is 0.125 e. The molecule has 0 unspecified atom stereocenters. The first kappa shape index (κ1) is 11.4. The van der Waals surface area contributed by atoms with E-state index in [1.807, 2.05) is 0 Å². The third-order valence-corrected chi connectivity index (χ3v) is 3.13. The van der Waals surface area contributed by atoms with Crippen LogP contribution in [0.25, 0.3) is 0 Å². The Balaban J connectivity index is 2.29. The van der Waals surface area contributed by atoms with Gasteiger partial charge in [0, 0.05) is 25.5 Å². The van der Waals surface area contributed by atoms with Crippen LogP contribution in [0.3, 0.4) is 0 Å². The summed E-state index contributed by atoms with van der Waals surface area (Å²) in [6.07, 6.45) is 0.991. The first-order valence-electron chi connectivity index (χ1n) is 5.18. The summed E-state index contributed by atoms with van der Waals surface area (Å²) in [4.78, 5) is 0. The lowest BCUT2D eigenvalue weighted by Gasteiger charge is -2.43. The van der Waals surface area contributed by atoms with Crippen molar-refractivity contribution in [3.05, 3.63) is 29.6 Å². The number of benzene rings is 1. The second kappa shape index (κ2) is 4.03. The van der Waals surface area contributed by atoms with Crippen molar-refractivity contribution in [2.24, 2.45) is 0 Å². The lowest BCUT2D eigenvalue weighted by molar-refractivity contribution is -0.134. The molecule has 1 fully saturated rings. The van der Waals surface area contributed by atoms with E-state index >= 15 is 0 Å². The molecule has 1 N–H and O–H groups in total. The van der Waals surface area contributed by atoms with E-state index in [0.29, 0.717) is 24.2 Å². The summed E-state index contributed by atoms with van der Waals surface area (Å²) >= 11 is 0. The van der Waals surface area contributed by atoms with Crippen LogP contribution in [0.4, 0.5) is 4.39 Å². The minimum absolute atomic E-state index is 0.0398. The average molecular weight is 226 g/mol. The molecule has 0 heterocycles. The van der Waals surface area contributed by atoms with E-state index < -0.39 is 5.60 Å². The van der Waals surface area contributed by atoms with Crippen molar-refractivity contribution < 1.29 is 19.0 Å². The number of halogens is 1. The Labute approximate surface area is 93.8 Å². The summed E-state index contributed by atoms with van der Waals surface area (Å²) < 4.78 is 23.4. The second-order valence-corrected chi connectivity index (χ2v) is 4.14. The summed E-state index contributed by atoms with van der Waals surface area (Å²) in [5, 5.41) is 10.3. The molecule has 3 nitrogen and oxygen atoms in total. The van der Waals surface area contributed by atoms with E-state index in [9.17, 15) is 9.50 Å². The smallest absolute Gasteiger partial charge is 0.125 e. The Hall–Kier alpha value is -1.13. The van der Waals surface area contributed by atoms with Crippen molar-refractivity contribution >= 4 is 0 Å². The van der Waals surface area contributed by atoms with Gasteiger partial charge < -0.3 is 14.6 Å².